The summed E-state index contributed by atoms with van der Waals surface area (Å²) in [4.78, 5) is 43.0. The summed E-state index contributed by atoms with van der Waals surface area (Å²) in [7, 11) is 0. The molecular weight excluding hydrogens is 396 g/mol. The minimum Gasteiger partial charge on any atom is -0.492 e. The normalized spacial score (nSPS) is 21.0. The summed E-state index contributed by atoms with van der Waals surface area (Å²) in [6.45, 7) is 4.86. The molecule has 31 heavy (non-hydrogen) atoms. The molecule has 0 bridgehead atoms. The monoisotopic (exact) mass is 428 g/mol. The first-order chi connectivity index (χ1) is 15.1. The zero-order valence-electron chi connectivity index (χ0n) is 18.1. The van der Waals surface area contributed by atoms with Gasteiger partial charge in [0.05, 0.1) is 0 Å². The van der Waals surface area contributed by atoms with Gasteiger partial charge in [-0.2, -0.15) is 0 Å². The lowest BCUT2D eigenvalue weighted by Crippen LogP contribution is -2.49. The quantitative estimate of drug-likeness (QED) is 0.639. The fraction of sp³-hybridized carbons (Fsp3) is 0.609. The summed E-state index contributed by atoms with van der Waals surface area (Å²) >= 11 is 0. The Morgan fingerprint density at radius 2 is 1.71 bits per heavy atom. The van der Waals surface area contributed by atoms with E-state index in [-0.39, 0.29) is 17.8 Å². The van der Waals surface area contributed by atoms with E-state index in [2.05, 4.69) is 10.2 Å². The van der Waals surface area contributed by atoms with Gasteiger partial charge in [-0.3, -0.25) is 19.4 Å². The second-order valence-electron chi connectivity index (χ2n) is 8.66. The molecule has 0 radical (unpaired) electrons. The van der Waals surface area contributed by atoms with Gasteiger partial charge in [0.25, 0.3) is 5.91 Å². The second kappa shape index (κ2) is 9.68. The van der Waals surface area contributed by atoms with Crippen LogP contribution in [0.5, 0.6) is 5.75 Å². The Kier molecular flexibility index (Phi) is 6.75. The smallest absolute Gasteiger partial charge is 0.325 e. The molecular formula is C23H32N4O4. The number of hydrogen-bond donors (Lipinski definition) is 1. The fourth-order valence-corrected chi connectivity index (χ4v) is 4.77. The van der Waals surface area contributed by atoms with Crippen molar-refractivity contribution < 1.29 is 19.1 Å². The highest BCUT2D eigenvalue weighted by Crippen LogP contribution is 2.35. The molecule has 0 aromatic heterocycles. The van der Waals surface area contributed by atoms with Crippen LogP contribution in [0.4, 0.5) is 4.79 Å². The second-order valence-corrected chi connectivity index (χ2v) is 8.66. The number of rotatable bonds is 8. The number of urea groups is 1. The minimum absolute atomic E-state index is 0.0998. The maximum atomic E-state index is 12.7. The molecule has 4 rings (SSSR count). The number of nitrogens with zero attached hydrogens (tertiary/aromatic N) is 3. The van der Waals surface area contributed by atoms with Crippen molar-refractivity contribution in [3.05, 3.63) is 30.3 Å². The number of piperazine rings is 1. The van der Waals surface area contributed by atoms with E-state index in [4.69, 9.17) is 4.74 Å². The van der Waals surface area contributed by atoms with Gasteiger partial charge in [-0.05, 0) is 31.4 Å². The van der Waals surface area contributed by atoms with Crippen LogP contribution in [-0.2, 0) is 9.59 Å². The van der Waals surface area contributed by atoms with Gasteiger partial charge in [-0.1, -0.05) is 31.0 Å². The van der Waals surface area contributed by atoms with Crippen molar-refractivity contribution >= 4 is 17.8 Å². The van der Waals surface area contributed by atoms with Crippen LogP contribution in [0.3, 0.4) is 0 Å². The van der Waals surface area contributed by atoms with Gasteiger partial charge in [-0.15, -0.1) is 0 Å². The molecule has 1 N–H and O–H groups in total. The van der Waals surface area contributed by atoms with Crippen molar-refractivity contribution in [1.82, 2.24) is 20.0 Å². The summed E-state index contributed by atoms with van der Waals surface area (Å²) in [5.74, 6) is 0.872. The van der Waals surface area contributed by atoms with Gasteiger partial charge in [0.15, 0.2) is 0 Å². The number of imide groups is 1. The van der Waals surface area contributed by atoms with Crippen molar-refractivity contribution in [2.75, 3.05) is 45.9 Å². The Morgan fingerprint density at radius 1 is 1.00 bits per heavy atom. The maximum Gasteiger partial charge on any atom is 0.325 e. The van der Waals surface area contributed by atoms with Crippen molar-refractivity contribution in [2.24, 2.45) is 0 Å². The molecule has 1 aromatic carbocycles. The van der Waals surface area contributed by atoms with Crippen LogP contribution >= 0.6 is 0 Å². The number of para-hydroxylation sites is 1. The molecule has 2 saturated heterocycles. The van der Waals surface area contributed by atoms with Crippen molar-refractivity contribution in [3.63, 3.8) is 0 Å². The maximum absolute atomic E-state index is 12.7. The minimum atomic E-state index is -0.665. The summed E-state index contributed by atoms with van der Waals surface area (Å²) in [5.41, 5.74) is -0.665. The van der Waals surface area contributed by atoms with E-state index in [1.807, 2.05) is 35.2 Å². The molecule has 3 fully saturated rings. The van der Waals surface area contributed by atoms with Crippen LogP contribution in [0.2, 0.25) is 0 Å². The molecule has 1 aromatic rings. The molecule has 0 unspecified atom stereocenters. The zero-order chi connectivity index (χ0) is 21.7. The van der Waals surface area contributed by atoms with Crippen molar-refractivity contribution in [1.29, 1.82) is 0 Å². The van der Waals surface area contributed by atoms with Crippen LogP contribution in [-0.4, -0.2) is 84.0 Å². The highest BCUT2D eigenvalue weighted by molar-refractivity contribution is 6.07. The average molecular weight is 429 g/mol. The lowest BCUT2D eigenvalue weighted by atomic mass is 9.98. The molecule has 1 aliphatic carbocycles. The van der Waals surface area contributed by atoms with Crippen molar-refractivity contribution in [3.8, 4) is 5.75 Å². The largest absolute Gasteiger partial charge is 0.492 e. The first kappa shape index (κ1) is 21.6. The summed E-state index contributed by atoms with van der Waals surface area (Å²) < 4.78 is 5.75. The Hall–Kier alpha value is -2.61. The molecule has 2 aliphatic heterocycles. The topological polar surface area (TPSA) is 82.2 Å². The molecule has 1 spiro atoms. The highest BCUT2D eigenvalue weighted by atomic mass is 16.5. The van der Waals surface area contributed by atoms with E-state index in [0.717, 1.165) is 51.1 Å². The summed E-state index contributed by atoms with van der Waals surface area (Å²) in [5, 5.41) is 2.89. The van der Waals surface area contributed by atoms with Crippen LogP contribution in [0, 0.1) is 0 Å². The van der Waals surface area contributed by atoms with Gasteiger partial charge in [-0.25, -0.2) is 4.79 Å². The predicted molar refractivity (Wildman–Crippen MR) is 116 cm³/mol. The number of ether oxygens (including phenoxy) is 1. The lowest BCUT2D eigenvalue weighted by molar-refractivity contribution is -0.134. The molecule has 4 amide bonds. The Morgan fingerprint density at radius 3 is 2.42 bits per heavy atom. The number of benzene rings is 1. The van der Waals surface area contributed by atoms with Crippen LogP contribution in [0.1, 0.15) is 38.5 Å². The van der Waals surface area contributed by atoms with Gasteiger partial charge >= 0.3 is 6.03 Å². The first-order valence-corrected chi connectivity index (χ1v) is 11.4. The number of carbonyl (C=O) groups is 3. The Labute approximate surface area is 183 Å². The van der Waals surface area contributed by atoms with Gasteiger partial charge < -0.3 is 15.0 Å². The van der Waals surface area contributed by atoms with Crippen LogP contribution in [0.15, 0.2) is 30.3 Å². The van der Waals surface area contributed by atoms with E-state index < -0.39 is 5.54 Å². The Bertz CT molecular complexity index is 786. The number of amides is 4. The highest BCUT2D eigenvalue weighted by Gasteiger charge is 2.52. The summed E-state index contributed by atoms with van der Waals surface area (Å²) in [6, 6.07) is 9.47. The molecule has 8 heteroatoms. The molecule has 2 heterocycles. The SMILES string of the molecule is O=C(CCCN1C(=O)NC2(CCCC2)C1=O)N1CCN(CCOc2ccccc2)CC1. The van der Waals surface area contributed by atoms with E-state index >= 15 is 0 Å². The first-order valence-electron chi connectivity index (χ1n) is 11.4. The third kappa shape index (κ3) is 5.01. The fourth-order valence-electron chi connectivity index (χ4n) is 4.77. The van der Waals surface area contributed by atoms with E-state index in [9.17, 15) is 14.4 Å². The van der Waals surface area contributed by atoms with Gasteiger partial charge in [0.1, 0.15) is 17.9 Å². The van der Waals surface area contributed by atoms with Crippen molar-refractivity contribution in [2.45, 2.75) is 44.1 Å². The number of hydrogen-bond acceptors (Lipinski definition) is 5. The predicted octanol–water partition coefficient (Wildman–Crippen LogP) is 1.85. The lowest BCUT2D eigenvalue weighted by Gasteiger charge is -2.34. The van der Waals surface area contributed by atoms with Crippen LogP contribution in [0.25, 0.3) is 0 Å². The third-order valence-corrected chi connectivity index (χ3v) is 6.62. The molecule has 8 nitrogen and oxygen atoms in total. The van der Waals surface area contributed by atoms with E-state index in [1.165, 1.54) is 4.90 Å². The third-order valence-electron chi connectivity index (χ3n) is 6.62. The van der Waals surface area contributed by atoms with E-state index in [0.29, 0.717) is 39.1 Å². The van der Waals surface area contributed by atoms with Gasteiger partial charge in [0, 0.05) is 45.7 Å². The molecule has 168 valence electrons. The Balaban J connectivity index is 1.13. The summed E-state index contributed by atoms with van der Waals surface area (Å²) in [6.07, 6.45) is 4.28. The average Bonchev–Trinajstić information content (AvgIpc) is 3.35. The number of carbonyl (C=O) groups excluding carboxylic acids is 3. The van der Waals surface area contributed by atoms with Gasteiger partial charge in [0.2, 0.25) is 5.91 Å². The number of nitrogens with one attached hydrogen (secondary N) is 1. The standard InChI is InChI=1S/C23H32N4O4/c28-20(9-6-12-27-21(29)23(24-22(27)30)10-4-5-11-23)26-15-13-25(14-16-26)17-18-31-19-7-2-1-3-8-19/h1-3,7-8H,4-6,9-18H2,(H,24,30). The molecule has 0 atom stereocenters. The molecule has 3 aliphatic rings. The molecule has 1 saturated carbocycles. The zero-order valence-corrected chi connectivity index (χ0v) is 18.1. The van der Waals surface area contributed by atoms with E-state index in [1.54, 1.807) is 0 Å². The van der Waals surface area contributed by atoms with Crippen LogP contribution < -0.4 is 10.1 Å².